The molecule has 2 rings (SSSR count). The number of fused-ring (bicyclic) bond motifs is 1. The van der Waals surface area contributed by atoms with Crippen LogP contribution in [0.2, 0.25) is 0 Å². The van der Waals surface area contributed by atoms with Gasteiger partial charge in [0.15, 0.2) is 0 Å². The first-order valence-electron chi connectivity index (χ1n) is 3.06. The summed E-state index contributed by atoms with van der Waals surface area (Å²) in [6, 6.07) is 8.16. The summed E-state index contributed by atoms with van der Waals surface area (Å²) >= 11 is 1.48. The van der Waals surface area contributed by atoms with E-state index in [1.807, 2.05) is 18.3 Å². The normalized spacial score (nSPS) is 14.0. The van der Waals surface area contributed by atoms with Crippen LogP contribution in [0.25, 0.3) is 11.6 Å². The lowest BCUT2D eigenvalue weighted by molar-refractivity contribution is 1.43. The quantitative estimate of drug-likeness (QED) is 0.531. The largest absolute Gasteiger partial charge is 0.332 e. The highest BCUT2D eigenvalue weighted by Gasteiger charge is 1.89. The zero-order valence-corrected chi connectivity index (χ0v) is 6.11. The summed E-state index contributed by atoms with van der Waals surface area (Å²) in [5.41, 5.74) is 0. The minimum Gasteiger partial charge on any atom is -0.332 e. The molecule has 49 valence electrons. The van der Waals surface area contributed by atoms with E-state index in [0.717, 1.165) is 0 Å². The SMILES string of the molecule is [C]1=c2ccccc2=CNS1. The molecule has 1 aromatic rings. The maximum atomic E-state index is 3.14. The smallest absolute Gasteiger partial charge is 0.0523 e. The molecule has 0 fully saturated rings. The van der Waals surface area contributed by atoms with Crippen molar-refractivity contribution in [1.82, 2.24) is 4.72 Å². The Hall–Kier alpha value is -0.890. The van der Waals surface area contributed by atoms with Gasteiger partial charge in [0.05, 0.1) is 5.41 Å². The number of hydrogen-bond acceptors (Lipinski definition) is 2. The third-order valence-corrected chi connectivity index (χ3v) is 1.95. The fourth-order valence-corrected chi connectivity index (χ4v) is 1.43. The summed E-state index contributed by atoms with van der Waals surface area (Å²) < 4.78 is 3.02. The van der Waals surface area contributed by atoms with Gasteiger partial charge in [-0.25, -0.2) is 0 Å². The Kier molecular flexibility index (Phi) is 1.40. The molecular weight excluding hydrogens is 142 g/mol. The van der Waals surface area contributed by atoms with Gasteiger partial charge in [-0.1, -0.05) is 24.3 Å². The number of hydrogen-bond donors (Lipinski definition) is 1. The molecule has 1 aliphatic heterocycles. The fraction of sp³-hybridized carbons (Fsp3) is 0. The van der Waals surface area contributed by atoms with Gasteiger partial charge in [0.25, 0.3) is 0 Å². The van der Waals surface area contributed by atoms with Gasteiger partial charge in [0.1, 0.15) is 0 Å². The first-order valence-corrected chi connectivity index (χ1v) is 3.88. The zero-order valence-electron chi connectivity index (χ0n) is 5.29. The van der Waals surface area contributed by atoms with E-state index in [-0.39, 0.29) is 0 Å². The second kappa shape index (κ2) is 2.39. The molecule has 0 bridgehead atoms. The molecule has 0 atom stereocenters. The molecule has 1 nitrogen and oxygen atoms in total. The van der Waals surface area contributed by atoms with Crippen LogP contribution in [0.1, 0.15) is 0 Å². The molecule has 0 saturated carbocycles. The third kappa shape index (κ3) is 0.907. The first-order chi connectivity index (χ1) is 4.97. The predicted molar refractivity (Wildman–Crippen MR) is 44.3 cm³/mol. The van der Waals surface area contributed by atoms with Gasteiger partial charge in [-0.15, -0.1) is 0 Å². The Bertz CT molecular complexity index is 308. The Morgan fingerprint density at radius 2 is 2.20 bits per heavy atom. The summed E-state index contributed by atoms with van der Waals surface area (Å²) in [7, 11) is 0. The predicted octanol–water partition coefficient (Wildman–Crippen LogP) is 0.291. The first kappa shape index (κ1) is 5.86. The van der Waals surface area contributed by atoms with E-state index >= 15 is 0 Å². The monoisotopic (exact) mass is 148 g/mol. The second-order valence-electron chi connectivity index (χ2n) is 2.05. The second-order valence-corrected chi connectivity index (χ2v) is 2.70. The molecule has 1 N–H and O–H groups in total. The topological polar surface area (TPSA) is 12.0 Å². The van der Waals surface area contributed by atoms with Crippen LogP contribution in [0.3, 0.4) is 0 Å². The van der Waals surface area contributed by atoms with E-state index in [2.05, 4.69) is 22.3 Å². The van der Waals surface area contributed by atoms with E-state index in [1.165, 1.54) is 22.4 Å². The van der Waals surface area contributed by atoms with Crippen LogP contribution in [0, 0.1) is 0 Å². The number of rotatable bonds is 0. The van der Waals surface area contributed by atoms with Crippen molar-refractivity contribution >= 4 is 23.6 Å². The number of nitrogens with one attached hydrogen (secondary N) is 1. The van der Waals surface area contributed by atoms with Gasteiger partial charge in [0.2, 0.25) is 0 Å². The lowest BCUT2D eigenvalue weighted by atomic mass is 10.2. The molecule has 0 amide bonds. The molecule has 1 aromatic carbocycles. The fourth-order valence-electron chi connectivity index (χ4n) is 0.893. The van der Waals surface area contributed by atoms with Gasteiger partial charge >= 0.3 is 0 Å². The molecule has 1 aliphatic rings. The molecule has 1 radical (unpaired) electrons. The summed E-state index contributed by atoms with van der Waals surface area (Å²) in [6.07, 6.45) is 1.98. The highest BCUT2D eigenvalue weighted by atomic mass is 32.2. The Balaban J connectivity index is 2.84. The Morgan fingerprint density at radius 3 is 3.10 bits per heavy atom. The molecule has 0 aliphatic carbocycles. The highest BCUT2D eigenvalue weighted by Crippen LogP contribution is 1.94. The lowest BCUT2D eigenvalue weighted by Gasteiger charge is -1.98. The summed E-state index contributed by atoms with van der Waals surface area (Å²) in [6.45, 7) is 0. The highest BCUT2D eigenvalue weighted by molar-refractivity contribution is 8.05. The summed E-state index contributed by atoms with van der Waals surface area (Å²) in [4.78, 5) is 0. The molecule has 0 aromatic heterocycles. The maximum absolute atomic E-state index is 3.14. The van der Waals surface area contributed by atoms with Crippen LogP contribution in [0.15, 0.2) is 24.3 Å². The van der Waals surface area contributed by atoms with Crippen molar-refractivity contribution in [3.05, 3.63) is 34.7 Å². The molecule has 0 unspecified atom stereocenters. The van der Waals surface area contributed by atoms with Gasteiger partial charge in [-0.3, -0.25) is 0 Å². The van der Waals surface area contributed by atoms with Crippen LogP contribution < -0.4 is 15.2 Å². The number of benzene rings is 1. The van der Waals surface area contributed by atoms with E-state index in [1.54, 1.807) is 0 Å². The average molecular weight is 148 g/mol. The Morgan fingerprint density at radius 1 is 1.30 bits per heavy atom. The van der Waals surface area contributed by atoms with Crippen LogP contribution in [0.5, 0.6) is 0 Å². The van der Waals surface area contributed by atoms with E-state index in [0.29, 0.717) is 0 Å². The van der Waals surface area contributed by atoms with Gasteiger partial charge in [-0.2, -0.15) is 0 Å². The van der Waals surface area contributed by atoms with Crippen LogP contribution in [-0.4, -0.2) is 0 Å². The lowest BCUT2D eigenvalue weighted by Crippen LogP contribution is -2.27. The van der Waals surface area contributed by atoms with Crippen LogP contribution in [-0.2, 0) is 0 Å². The zero-order chi connectivity index (χ0) is 6.81. The van der Waals surface area contributed by atoms with Crippen molar-refractivity contribution < 1.29 is 0 Å². The van der Waals surface area contributed by atoms with Crippen molar-refractivity contribution in [2.45, 2.75) is 0 Å². The maximum Gasteiger partial charge on any atom is 0.0523 e. The molecule has 10 heavy (non-hydrogen) atoms. The van der Waals surface area contributed by atoms with Crippen molar-refractivity contribution in [2.24, 2.45) is 0 Å². The molecular formula is C8H6NS. The van der Waals surface area contributed by atoms with Gasteiger partial charge in [0, 0.05) is 6.20 Å². The Labute approximate surface area is 63.6 Å². The van der Waals surface area contributed by atoms with E-state index < -0.39 is 0 Å². The standard InChI is InChI=1S/C8H6NS/c1-2-4-8-6-10-9-5-7(8)3-1/h1-5,9H. The summed E-state index contributed by atoms with van der Waals surface area (Å²) in [5, 5.41) is 5.52. The average Bonchev–Trinajstić information content (AvgIpc) is 2.05. The van der Waals surface area contributed by atoms with E-state index in [9.17, 15) is 0 Å². The molecule has 2 heteroatoms. The summed E-state index contributed by atoms with van der Waals surface area (Å²) in [5.74, 6) is 0. The minimum absolute atomic E-state index is 1.17. The van der Waals surface area contributed by atoms with Crippen molar-refractivity contribution in [3.8, 4) is 0 Å². The third-order valence-electron chi connectivity index (χ3n) is 1.40. The molecule has 0 spiro atoms. The van der Waals surface area contributed by atoms with Crippen molar-refractivity contribution in [1.29, 1.82) is 0 Å². The minimum atomic E-state index is 1.17. The van der Waals surface area contributed by atoms with E-state index in [4.69, 9.17) is 0 Å². The van der Waals surface area contributed by atoms with Crippen molar-refractivity contribution in [2.75, 3.05) is 0 Å². The van der Waals surface area contributed by atoms with Crippen LogP contribution in [0.4, 0.5) is 0 Å². The molecule has 0 saturated heterocycles. The van der Waals surface area contributed by atoms with Gasteiger partial charge in [-0.05, 0) is 22.4 Å². The molecule has 1 heterocycles. The van der Waals surface area contributed by atoms with Crippen molar-refractivity contribution in [3.63, 3.8) is 0 Å². The van der Waals surface area contributed by atoms with Gasteiger partial charge < -0.3 is 4.72 Å². The van der Waals surface area contributed by atoms with Crippen LogP contribution >= 0.6 is 11.9 Å².